The number of ether oxygens (including phenoxy) is 3. The highest BCUT2D eigenvalue weighted by Gasteiger charge is 2.48. The van der Waals surface area contributed by atoms with Gasteiger partial charge in [0.15, 0.2) is 5.79 Å². The lowest BCUT2D eigenvalue weighted by molar-refractivity contribution is -0.155. The molecule has 5 heteroatoms. The van der Waals surface area contributed by atoms with Crippen LogP contribution in [0.5, 0.6) is 0 Å². The first-order valence-corrected chi connectivity index (χ1v) is 5.09. The topological polar surface area (TPSA) is 65.0 Å². The molecule has 1 heterocycles. The van der Waals surface area contributed by atoms with Crippen molar-refractivity contribution in [3.8, 4) is 0 Å². The van der Waals surface area contributed by atoms with Crippen molar-refractivity contribution >= 4 is 5.97 Å². The molecule has 0 saturated carbocycles. The third kappa shape index (κ3) is 2.81. The van der Waals surface area contributed by atoms with Crippen molar-refractivity contribution in [3.05, 3.63) is 12.2 Å². The third-order valence-electron chi connectivity index (χ3n) is 2.45. The Bertz CT molecular complexity index is 297. The van der Waals surface area contributed by atoms with Gasteiger partial charge in [0.05, 0.1) is 13.7 Å². The average molecular weight is 230 g/mol. The maximum atomic E-state index is 11.0. The van der Waals surface area contributed by atoms with Crippen molar-refractivity contribution in [3.63, 3.8) is 0 Å². The predicted molar refractivity (Wildman–Crippen MR) is 56.7 cm³/mol. The minimum atomic E-state index is -0.827. The smallest absolute Gasteiger partial charge is 0.330 e. The Balaban J connectivity index is 2.82. The Morgan fingerprint density at radius 2 is 2.12 bits per heavy atom. The first-order chi connectivity index (χ1) is 7.33. The van der Waals surface area contributed by atoms with E-state index in [4.69, 9.17) is 9.47 Å². The van der Waals surface area contributed by atoms with Crippen LogP contribution in [0, 0.1) is 0 Å². The van der Waals surface area contributed by atoms with Gasteiger partial charge in [0.25, 0.3) is 0 Å². The fraction of sp³-hybridized carbons (Fsp3) is 0.727. The highest BCUT2D eigenvalue weighted by atomic mass is 16.8. The van der Waals surface area contributed by atoms with Crippen molar-refractivity contribution in [1.29, 1.82) is 0 Å². The molecular formula is C11H18O5. The first kappa shape index (κ1) is 13.2. The van der Waals surface area contributed by atoms with Gasteiger partial charge >= 0.3 is 5.97 Å². The summed E-state index contributed by atoms with van der Waals surface area (Å²) in [6.07, 6.45) is 2.32. The van der Waals surface area contributed by atoms with E-state index in [9.17, 15) is 9.90 Å². The zero-order chi connectivity index (χ0) is 12.4. The molecule has 0 aromatic carbocycles. The maximum Gasteiger partial charge on any atom is 0.330 e. The number of aliphatic hydroxyl groups excluding tert-OH is 1. The molecule has 92 valence electrons. The number of carbonyl (C=O) groups is 1. The number of methoxy groups -OCH3 is 1. The molecule has 5 nitrogen and oxygen atoms in total. The van der Waals surface area contributed by atoms with Crippen LogP contribution in [0.2, 0.25) is 0 Å². The van der Waals surface area contributed by atoms with Gasteiger partial charge in [-0.05, 0) is 26.8 Å². The van der Waals surface area contributed by atoms with Gasteiger partial charge in [-0.15, -0.1) is 0 Å². The number of hydrogen-bond acceptors (Lipinski definition) is 5. The lowest BCUT2D eigenvalue weighted by Crippen LogP contribution is -2.37. The minimum absolute atomic E-state index is 0.175. The van der Waals surface area contributed by atoms with E-state index in [1.165, 1.54) is 13.2 Å². The van der Waals surface area contributed by atoms with Gasteiger partial charge < -0.3 is 19.3 Å². The number of aliphatic hydroxyl groups is 1. The van der Waals surface area contributed by atoms with Gasteiger partial charge in [-0.3, -0.25) is 0 Å². The summed E-state index contributed by atoms with van der Waals surface area (Å²) >= 11 is 0. The van der Waals surface area contributed by atoms with Crippen LogP contribution >= 0.6 is 0 Å². The van der Waals surface area contributed by atoms with Crippen LogP contribution in [-0.4, -0.2) is 42.3 Å². The summed E-state index contributed by atoms with van der Waals surface area (Å²) in [7, 11) is 1.30. The Morgan fingerprint density at radius 1 is 1.50 bits per heavy atom. The van der Waals surface area contributed by atoms with E-state index < -0.39 is 23.5 Å². The molecular weight excluding hydrogens is 212 g/mol. The number of rotatable bonds is 3. The molecule has 0 aromatic heterocycles. The second kappa shape index (κ2) is 4.53. The van der Waals surface area contributed by atoms with E-state index in [1.54, 1.807) is 26.8 Å². The van der Waals surface area contributed by atoms with E-state index in [-0.39, 0.29) is 6.61 Å². The summed E-state index contributed by atoms with van der Waals surface area (Å²) in [4.78, 5) is 11.0. The second-order valence-corrected chi connectivity index (χ2v) is 4.33. The molecule has 0 aliphatic carbocycles. The molecule has 0 spiro atoms. The van der Waals surface area contributed by atoms with Crippen LogP contribution in [0.1, 0.15) is 20.8 Å². The summed E-state index contributed by atoms with van der Waals surface area (Å²) in [6, 6.07) is 0. The minimum Gasteiger partial charge on any atom is -0.466 e. The molecule has 1 rings (SSSR count). The van der Waals surface area contributed by atoms with E-state index in [0.717, 1.165) is 0 Å². The Morgan fingerprint density at radius 3 is 2.62 bits per heavy atom. The zero-order valence-corrected chi connectivity index (χ0v) is 10.0. The van der Waals surface area contributed by atoms with Crippen LogP contribution in [-0.2, 0) is 19.0 Å². The summed E-state index contributed by atoms with van der Waals surface area (Å²) in [5.41, 5.74) is -0.827. The fourth-order valence-corrected chi connectivity index (χ4v) is 1.74. The van der Waals surface area contributed by atoms with E-state index >= 15 is 0 Å². The van der Waals surface area contributed by atoms with Gasteiger partial charge in [-0.2, -0.15) is 0 Å². The molecule has 1 aliphatic heterocycles. The lowest BCUT2D eigenvalue weighted by atomic mass is 9.99. The molecule has 0 amide bonds. The molecule has 1 fully saturated rings. The summed E-state index contributed by atoms with van der Waals surface area (Å²) in [5, 5.41) is 9.20. The average Bonchev–Trinajstić information content (AvgIpc) is 2.45. The quantitative estimate of drug-likeness (QED) is 0.568. The van der Waals surface area contributed by atoms with E-state index in [0.29, 0.717) is 0 Å². The summed E-state index contributed by atoms with van der Waals surface area (Å²) in [6.45, 7) is 5.09. The van der Waals surface area contributed by atoms with Gasteiger partial charge in [0.2, 0.25) is 0 Å². The normalized spacial score (nSPS) is 33.2. The summed E-state index contributed by atoms with van der Waals surface area (Å²) < 4.78 is 15.7. The maximum absolute atomic E-state index is 11.0. The molecule has 1 N–H and O–H groups in total. The Kier molecular flexibility index (Phi) is 3.72. The van der Waals surface area contributed by atoms with Gasteiger partial charge in [-0.25, -0.2) is 4.79 Å². The summed E-state index contributed by atoms with van der Waals surface area (Å²) in [5.74, 6) is -1.24. The van der Waals surface area contributed by atoms with Crippen LogP contribution in [0.4, 0.5) is 0 Å². The molecule has 2 atom stereocenters. The molecule has 1 aliphatic rings. The van der Waals surface area contributed by atoms with Crippen molar-refractivity contribution in [2.45, 2.75) is 38.3 Å². The molecule has 0 unspecified atom stereocenters. The zero-order valence-electron chi connectivity index (χ0n) is 10.0. The first-order valence-electron chi connectivity index (χ1n) is 5.09. The van der Waals surface area contributed by atoms with Gasteiger partial charge in [0.1, 0.15) is 11.7 Å². The monoisotopic (exact) mass is 230 g/mol. The number of esters is 1. The van der Waals surface area contributed by atoms with Crippen molar-refractivity contribution < 1.29 is 24.1 Å². The Hall–Kier alpha value is -0.910. The molecule has 1 saturated heterocycles. The standard InChI is InChI=1S/C11H18O5/c1-10(2)15-8(7-12)11(3,16-10)6-5-9(13)14-4/h5-6,8,12H,7H2,1-4H3/b6-5+/t8-,11+/m1/s1. The SMILES string of the molecule is COC(=O)/C=C/[C@]1(C)OC(C)(C)O[C@@H]1CO. The lowest BCUT2D eigenvalue weighted by Gasteiger charge is -2.24. The van der Waals surface area contributed by atoms with Crippen molar-refractivity contribution in [2.75, 3.05) is 13.7 Å². The van der Waals surface area contributed by atoms with Crippen LogP contribution < -0.4 is 0 Å². The Labute approximate surface area is 95.0 Å². The highest BCUT2D eigenvalue weighted by Crippen LogP contribution is 2.37. The van der Waals surface area contributed by atoms with Gasteiger partial charge in [-0.1, -0.05) is 0 Å². The van der Waals surface area contributed by atoms with Crippen molar-refractivity contribution in [2.24, 2.45) is 0 Å². The molecule has 0 radical (unpaired) electrons. The highest BCUT2D eigenvalue weighted by molar-refractivity contribution is 5.82. The largest absolute Gasteiger partial charge is 0.466 e. The van der Waals surface area contributed by atoms with E-state index in [1.807, 2.05) is 0 Å². The van der Waals surface area contributed by atoms with Gasteiger partial charge in [0, 0.05) is 6.08 Å². The molecule has 0 aromatic rings. The second-order valence-electron chi connectivity index (χ2n) is 4.33. The molecule has 16 heavy (non-hydrogen) atoms. The number of hydrogen-bond donors (Lipinski definition) is 1. The fourth-order valence-electron chi connectivity index (χ4n) is 1.74. The molecule has 0 bridgehead atoms. The van der Waals surface area contributed by atoms with Crippen LogP contribution in [0.15, 0.2) is 12.2 Å². The van der Waals surface area contributed by atoms with E-state index in [2.05, 4.69) is 4.74 Å². The number of carbonyl (C=O) groups excluding carboxylic acids is 1. The third-order valence-corrected chi connectivity index (χ3v) is 2.45. The van der Waals surface area contributed by atoms with Crippen LogP contribution in [0.3, 0.4) is 0 Å². The van der Waals surface area contributed by atoms with Crippen LogP contribution in [0.25, 0.3) is 0 Å². The van der Waals surface area contributed by atoms with Crippen molar-refractivity contribution in [1.82, 2.24) is 0 Å². The predicted octanol–water partition coefficient (Wildman–Crippen LogP) is 0.618.